The maximum atomic E-state index is 12.6. The molecule has 3 N–H and O–H groups in total. The lowest BCUT2D eigenvalue weighted by Gasteiger charge is -2.12. The summed E-state index contributed by atoms with van der Waals surface area (Å²) < 4.78 is 26.9. The number of hydrogen-bond acceptors (Lipinski definition) is 4. The van der Waals surface area contributed by atoms with Gasteiger partial charge in [0, 0.05) is 17.8 Å². The second kappa shape index (κ2) is 7.57. The standard InChI is InChI=1S/C19H22N2O4S/c1-13(22)12-20-26(24,25)16-8-2-7-15(11-16)19(23)21-18-10-4-6-14-5-3-9-17(14)18/h2,4,6-8,10-11,13,20,22H,3,5,9,12H2,1H3,(H,21,23)/t13-/m1/s1. The van der Waals surface area contributed by atoms with E-state index in [2.05, 4.69) is 16.1 Å². The lowest BCUT2D eigenvalue weighted by Crippen LogP contribution is -2.30. The number of rotatable bonds is 6. The minimum absolute atomic E-state index is 0.0101. The van der Waals surface area contributed by atoms with E-state index in [0.29, 0.717) is 0 Å². The Hall–Kier alpha value is -2.22. The highest BCUT2D eigenvalue weighted by Gasteiger charge is 2.19. The number of benzene rings is 2. The number of hydrogen-bond donors (Lipinski definition) is 3. The largest absolute Gasteiger partial charge is 0.392 e. The molecule has 1 aliphatic rings. The highest BCUT2D eigenvalue weighted by Crippen LogP contribution is 2.29. The molecule has 0 aliphatic heterocycles. The molecule has 6 nitrogen and oxygen atoms in total. The van der Waals surface area contributed by atoms with E-state index in [0.717, 1.165) is 30.5 Å². The van der Waals surface area contributed by atoms with Crippen molar-refractivity contribution in [1.82, 2.24) is 4.72 Å². The van der Waals surface area contributed by atoms with E-state index < -0.39 is 16.1 Å². The van der Waals surface area contributed by atoms with Crippen LogP contribution in [0.15, 0.2) is 47.4 Å². The molecule has 0 aromatic heterocycles. The molecule has 3 rings (SSSR count). The fourth-order valence-corrected chi connectivity index (χ4v) is 4.22. The van der Waals surface area contributed by atoms with E-state index in [1.807, 2.05) is 12.1 Å². The van der Waals surface area contributed by atoms with Gasteiger partial charge in [0.2, 0.25) is 10.0 Å². The Morgan fingerprint density at radius 1 is 1.19 bits per heavy atom. The summed E-state index contributed by atoms with van der Waals surface area (Å²) in [5.41, 5.74) is 3.45. The number of sulfonamides is 1. The molecule has 0 saturated heterocycles. The van der Waals surface area contributed by atoms with Crippen molar-refractivity contribution in [2.24, 2.45) is 0 Å². The van der Waals surface area contributed by atoms with Crippen LogP contribution < -0.4 is 10.0 Å². The van der Waals surface area contributed by atoms with Gasteiger partial charge in [-0.1, -0.05) is 18.2 Å². The van der Waals surface area contributed by atoms with Crippen molar-refractivity contribution in [1.29, 1.82) is 0 Å². The summed E-state index contributed by atoms with van der Waals surface area (Å²) in [5, 5.41) is 12.1. The highest BCUT2D eigenvalue weighted by molar-refractivity contribution is 7.89. The van der Waals surface area contributed by atoms with E-state index in [1.165, 1.54) is 30.7 Å². The van der Waals surface area contributed by atoms with E-state index in [-0.39, 0.29) is 22.9 Å². The summed E-state index contributed by atoms with van der Waals surface area (Å²) in [6, 6.07) is 11.7. The fraction of sp³-hybridized carbons (Fsp3) is 0.316. The molecule has 0 unspecified atom stereocenters. The maximum Gasteiger partial charge on any atom is 0.255 e. The van der Waals surface area contributed by atoms with Gasteiger partial charge in [-0.2, -0.15) is 0 Å². The molecular formula is C19H22N2O4S. The lowest BCUT2D eigenvalue weighted by molar-refractivity contribution is 0.102. The number of carbonyl (C=O) groups is 1. The molecule has 26 heavy (non-hydrogen) atoms. The van der Waals surface area contributed by atoms with Crippen molar-refractivity contribution in [2.75, 3.05) is 11.9 Å². The zero-order chi connectivity index (χ0) is 18.7. The van der Waals surface area contributed by atoms with Crippen LogP contribution in [-0.4, -0.2) is 32.1 Å². The van der Waals surface area contributed by atoms with Crippen molar-refractivity contribution in [3.05, 3.63) is 59.2 Å². The predicted octanol–water partition coefficient (Wildman–Crippen LogP) is 2.09. The molecule has 0 fully saturated rings. The topological polar surface area (TPSA) is 95.5 Å². The second-order valence-corrected chi connectivity index (χ2v) is 8.25. The number of amides is 1. The highest BCUT2D eigenvalue weighted by atomic mass is 32.2. The SMILES string of the molecule is C[C@@H](O)CNS(=O)(=O)c1cccc(C(=O)Nc2cccc3c2CCC3)c1. The van der Waals surface area contributed by atoms with Gasteiger partial charge in [-0.05, 0) is 61.6 Å². The molecule has 0 bridgehead atoms. The van der Waals surface area contributed by atoms with Crippen LogP contribution in [0.2, 0.25) is 0 Å². The van der Waals surface area contributed by atoms with Crippen LogP contribution in [0.4, 0.5) is 5.69 Å². The van der Waals surface area contributed by atoms with Gasteiger partial charge in [0.25, 0.3) is 5.91 Å². The zero-order valence-corrected chi connectivity index (χ0v) is 15.3. The van der Waals surface area contributed by atoms with Gasteiger partial charge in [-0.15, -0.1) is 0 Å². The molecule has 1 aliphatic carbocycles. The molecule has 0 spiro atoms. The predicted molar refractivity (Wildman–Crippen MR) is 99.7 cm³/mol. The summed E-state index contributed by atoms with van der Waals surface area (Å²) in [6.45, 7) is 1.40. The Morgan fingerprint density at radius 2 is 1.96 bits per heavy atom. The lowest BCUT2D eigenvalue weighted by atomic mass is 10.1. The average Bonchev–Trinajstić information content (AvgIpc) is 3.10. The first-order valence-corrected chi connectivity index (χ1v) is 10.0. The molecule has 2 aromatic carbocycles. The van der Waals surface area contributed by atoms with Crippen molar-refractivity contribution >= 4 is 21.6 Å². The quantitative estimate of drug-likeness (QED) is 0.721. The van der Waals surface area contributed by atoms with Crippen LogP contribution >= 0.6 is 0 Å². The molecule has 1 amide bonds. The molecular weight excluding hydrogens is 352 g/mol. The zero-order valence-electron chi connectivity index (χ0n) is 14.5. The summed E-state index contributed by atoms with van der Waals surface area (Å²) in [6.07, 6.45) is 2.23. The van der Waals surface area contributed by atoms with E-state index in [9.17, 15) is 18.3 Å². The Bertz CT molecular complexity index is 923. The van der Waals surface area contributed by atoms with Crippen molar-refractivity contribution in [3.63, 3.8) is 0 Å². The molecule has 7 heteroatoms. The number of fused-ring (bicyclic) bond motifs is 1. The Morgan fingerprint density at radius 3 is 2.73 bits per heavy atom. The normalized spacial score (nSPS) is 14.7. The van der Waals surface area contributed by atoms with Gasteiger partial charge >= 0.3 is 0 Å². The van der Waals surface area contributed by atoms with Crippen molar-refractivity contribution < 1.29 is 18.3 Å². The van der Waals surface area contributed by atoms with Crippen LogP contribution in [-0.2, 0) is 22.9 Å². The third-order valence-electron chi connectivity index (χ3n) is 4.37. The summed E-state index contributed by atoms with van der Waals surface area (Å²) in [5.74, 6) is -0.349. The van der Waals surface area contributed by atoms with Crippen LogP contribution in [0.3, 0.4) is 0 Å². The van der Waals surface area contributed by atoms with Gasteiger partial charge in [0.05, 0.1) is 11.0 Å². The number of carbonyl (C=O) groups excluding carboxylic acids is 1. The fourth-order valence-electron chi connectivity index (χ4n) is 3.05. The second-order valence-electron chi connectivity index (χ2n) is 6.48. The van der Waals surface area contributed by atoms with Crippen LogP contribution in [0, 0.1) is 0 Å². The number of nitrogens with one attached hydrogen (secondary N) is 2. The summed E-state index contributed by atoms with van der Waals surface area (Å²) >= 11 is 0. The molecule has 0 radical (unpaired) electrons. The molecule has 0 heterocycles. The number of anilines is 1. The maximum absolute atomic E-state index is 12.6. The molecule has 1 atom stereocenters. The van der Waals surface area contributed by atoms with E-state index in [4.69, 9.17) is 0 Å². The van der Waals surface area contributed by atoms with Crippen molar-refractivity contribution in [3.8, 4) is 0 Å². The number of aliphatic hydroxyl groups excluding tert-OH is 1. The Labute approximate surface area is 153 Å². The van der Waals surface area contributed by atoms with Crippen LogP contribution in [0.25, 0.3) is 0 Å². The van der Waals surface area contributed by atoms with Gasteiger partial charge < -0.3 is 10.4 Å². The smallest absolute Gasteiger partial charge is 0.255 e. The monoisotopic (exact) mass is 374 g/mol. The average molecular weight is 374 g/mol. The number of aliphatic hydroxyl groups is 1. The van der Waals surface area contributed by atoms with E-state index in [1.54, 1.807) is 6.07 Å². The first-order chi connectivity index (χ1) is 12.4. The number of aryl methyl sites for hydroxylation is 1. The molecule has 2 aromatic rings. The third-order valence-corrected chi connectivity index (χ3v) is 5.79. The third kappa shape index (κ3) is 4.12. The van der Waals surface area contributed by atoms with E-state index >= 15 is 0 Å². The molecule has 138 valence electrons. The Kier molecular flexibility index (Phi) is 5.41. The van der Waals surface area contributed by atoms with Gasteiger partial charge in [-0.3, -0.25) is 4.79 Å². The minimum Gasteiger partial charge on any atom is -0.392 e. The first kappa shape index (κ1) is 18.6. The van der Waals surface area contributed by atoms with Crippen LogP contribution in [0.1, 0.15) is 34.8 Å². The molecule has 0 saturated carbocycles. The van der Waals surface area contributed by atoms with Crippen LogP contribution in [0.5, 0.6) is 0 Å². The van der Waals surface area contributed by atoms with Gasteiger partial charge in [-0.25, -0.2) is 13.1 Å². The van der Waals surface area contributed by atoms with Gasteiger partial charge in [0.15, 0.2) is 0 Å². The summed E-state index contributed by atoms with van der Waals surface area (Å²) in [7, 11) is -3.78. The summed E-state index contributed by atoms with van der Waals surface area (Å²) in [4.78, 5) is 12.6. The van der Waals surface area contributed by atoms with Crippen molar-refractivity contribution in [2.45, 2.75) is 37.2 Å². The first-order valence-electron chi connectivity index (χ1n) is 8.57. The van der Waals surface area contributed by atoms with Gasteiger partial charge in [0.1, 0.15) is 0 Å². The Balaban J connectivity index is 1.80. The minimum atomic E-state index is -3.78.